The Morgan fingerprint density at radius 2 is 2.00 bits per heavy atom. The number of aromatic nitrogens is 2. The van der Waals surface area contributed by atoms with Crippen LogP contribution in [0.15, 0.2) is 42.7 Å². The van der Waals surface area contributed by atoms with E-state index in [1.54, 1.807) is 0 Å². The molecule has 0 bridgehead atoms. The smallest absolute Gasteiger partial charge is 0.0534 e. The molecule has 3 unspecified atom stereocenters. The van der Waals surface area contributed by atoms with Crippen molar-refractivity contribution in [2.45, 2.75) is 50.6 Å². The van der Waals surface area contributed by atoms with Gasteiger partial charge >= 0.3 is 0 Å². The van der Waals surface area contributed by atoms with E-state index in [4.69, 9.17) is 0 Å². The van der Waals surface area contributed by atoms with Crippen LogP contribution >= 0.6 is 0 Å². The average molecular weight is 269 g/mol. The molecule has 0 amide bonds. The lowest BCUT2D eigenvalue weighted by molar-refractivity contribution is 0.306. The van der Waals surface area contributed by atoms with Gasteiger partial charge in [-0.05, 0) is 31.2 Å². The summed E-state index contributed by atoms with van der Waals surface area (Å²) in [6.07, 6.45) is 9.13. The Balaban J connectivity index is 1.73. The van der Waals surface area contributed by atoms with Gasteiger partial charge < -0.3 is 5.32 Å². The number of rotatable bonds is 4. The molecule has 20 heavy (non-hydrogen) atoms. The summed E-state index contributed by atoms with van der Waals surface area (Å²) < 4.78 is 0. The summed E-state index contributed by atoms with van der Waals surface area (Å²) >= 11 is 0. The van der Waals surface area contributed by atoms with Crippen molar-refractivity contribution in [3.05, 3.63) is 53.9 Å². The van der Waals surface area contributed by atoms with E-state index in [-0.39, 0.29) is 0 Å². The minimum atomic E-state index is 0.350. The van der Waals surface area contributed by atoms with Crippen LogP contribution in [0.5, 0.6) is 0 Å². The first kappa shape index (κ1) is 13.4. The second-order valence-corrected chi connectivity index (χ2v) is 5.83. The molecule has 3 atom stereocenters. The molecule has 1 aromatic carbocycles. The van der Waals surface area contributed by atoms with Crippen molar-refractivity contribution in [2.24, 2.45) is 0 Å². The lowest BCUT2D eigenvalue weighted by atomic mass is 9.79. The van der Waals surface area contributed by atoms with Crippen LogP contribution in [0.25, 0.3) is 0 Å². The molecule has 2 aromatic rings. The zero-order chi connectivity index (χ0) is 13.8. The van der Waals surface area contributed by atoms with Crippen LogP contribution in [0.1, 0.15) is 55.7 Å². The Bertz CT molecular complexity index is 506. The molecule has 3 rings (SSSR count). The number of H-pyrrole nitrogens is 1. The minimum Gasteiger partial charge on any atom is -0.307 e. The van der Waals surface area contributed by atoms with Gasteiger partial charge in [-0.2, -0.15) is 5.10 Å². The minimum absolute atomic E-state index is 0.350. The van der Waals surface area contributed by atoms with Crippen molar-refractivity contribution in [3.63, 3.8) is 0 Å². The number of nitrogens with one attached hydrogen (secondary N) is 2. The Hall–Kier alpha value is -1.61. The topological polar surface area (TPSA) is 40.7 Å². The van der Waals surface area contributed by atoms with E-state index in [9.17, 15) is 0 Å². The maximum atomic E-state index is 4.05. The summed E-state index contributed by atoms with van der Waals surface area (Å²) in [5.74, 6) is 0.638. The van der Waals surface area contributed by atoms with Gasteiger partial charge in [0.05, 0.1) is 6.20 Å². The quantitative estimate of drug-likeness (QED) is 0.886. The van der Waals surface area contributed by atoms with E-state index in [0.29, 0.717) is 18.0 Å². The first-order valence-electron chi connectivity index (χ1n) is 7.64. The number of benzene rings is 1. The van der Waals surface area contributed by atoms with Gasteiger partial charge in [0, 0.05) is 23.8 Å². The van der Waals surface area contributed by atoms with Gasteiger partial charge in [-0.25, -0.2) is 0 Å². The van der Waals surface area contributed by atoms with Gasteiger partial charge in [0.2, 0.25) is 0 Å². The number of hydrogen-bond acceptors (Lipinski definition) is 2. The zero-order valence-electron chi connectivity index (χ0n) is 12.0. The molecule has 0 aliphatic heterocycles. The molecule has 0 saturated heterocycles. The molecule has 3 heteroatoms. The Morgan fingerprint density at radius 1 is 1.20 bits per heavy atom. The van der Waals surface area contributed by atoms with E-state index in [1.807, 2.05) is 12.4 Å². The predicted molar refractivity (Wildman–Crippen MR) is 81.6 cm³/mol. The monoisotopic (exact) mass is 269 g/mol. The summed E-state index contributed by atoms with van der Waals surface area (Å²) in [6.45, 7) is 2.22. The highest BCUT2D eigenvalue weighted by Gasteiger charge is 2.27. The fraction of sp³-hybridized carbons (Fsp3) is 0.471. The lowest BCUT2D eigenvalue weighted by Crippen LogP contribution is -2.38. The fourth-order valence-corrected chi connectivity index (χ4v) is 3.34. The van der Waals surface area contributed by atoms with Crippen molar-refractivity contribution in [2.75, 3.05) is 0 Å². The lowest BCUT2D eigenvalue weighted by Gasteiger charge is -2.34. The van der Waals surface area contributed by atoms with Crippen LogP contribution in [0.3, 0.4) is 0 Å². The molecule has 106 valence electrons. The van der Waals surface area contributed by atoms with Gasteiger partial charge in [-0.3, -0.25) is 5.10 Å². The SMILES string of the molecule is CC(NC1CCCCC1c1ccccc1)c1cn[nH]c1. The van der Waals surface area contributed by atoms with Crippen molar-refractivity contribution in [3.8, 4) is 0 Å². The Kier molecular flexibility index (Phi) is 4.16. The molecule has 1 aromatic heterocycles. The zero-order valence-corrected chi connectivity index (χ0v) is 12.0. The highest BCUT2D eigenvalue weighted by Crippen LogP contribution is 2.34. The maximum Gasteiger partial charge on any atom is 0.0534 e. The predicted octanol–water partition coefficient (Wildman–Crippen LogP) is 3.79. The molecular formula is C17H23N3. The third-order valence-corrected chi connectivity index (χ3v) is 4.48. The molecule has 1 fully saturated rings. The molecule has 1 heterocycles. The van der Waals surface area contributed by atoms with Gasteiger partial charge in [0.15, 0.2) is 0 Å². The van der Waals surface area contributed by atoms with Crippen molar-refractivity contribution in [1.82, 2.24) is 15.5 Å². The third-order valence-electron chi connectivity index (χ3n) is 4.48. The normalized spacial score (nSPS) is 24.4. The van der Waals surface area contributed by atoms with Crippen LogP contribution in [-0.4, -0.2) is 16.2 Å². The summed E-state index contributed by atoms with van der Waals surface area (Å²) in [5, 5.41) is 10.8. The first-order valence-corrected chi connectivity index (χ1v) is 7.64. The maximum absolute atomic E-state index is 4.05. The Morgan fingerprint density at radius 3 is 2.75 bits per heavy atom. The highest BCUT2D eigenvalue weighted by atomic mass is 15.1. The summed E-state index contributed by atoms with van der Waals surface area (Å²) in [6, 6.07) is 11.9. The number of hydrogen-bond donors (Lipinski definition) is 2. The van der Waals surface area contributed by atoms with E-state index < -0.39 is 0 Å². The van der Waals surface area contributed by atoms with Crippen molar-refractivity contribution >= 4 is 0 Å². The summed E-state index contributed by atoms with van der Waals surface area (Å²) in [5.41, 5.74) is 2.71. The van der Waals surface area contributed by atoms with Gasteiger partial charge in [0.1, 0.15) is 0 Å². The highest BCUT2D eigenvalue weighted by molar-refractivity contribution is 5.22. The van der Waals surface area contributed by atoms with E-state index >= 15 is 0 Å². The van der Waals surface area contributed by atoms with E-state index in [0.717, 1.165) is 0 Å². The molecule has 0 spiro atoms. The second-order valence-electron chi connectivity index (χ2n) is 5.83. The largest absolute Gasteiger partial charge is 0.307 e. The molecular weight excluding hydrogens is 246 g/mol. The standard InChI is InChI=1S/C17H23N3/c1-13(15-11-18-19-12-15)20-17-10-6-5-9-16(17)14-7-3-2-4-8-14/h2-4,7-8,11-13,16-17,20H,5-6,9-10H2,1H3,(H,18,19). The second kappa shape index (κ2) is 6.23. The first-order chi connectivity index (χ1) is 9.84. The molecule has 1 aliphatic rings. The van der Waals surface area contributed by atoms with Crippen molar-refractivity contribution in [1.29, 1.82) is 0 Å². The van der Waals surface area contributed by atoms with Gasteiger partial charge in [-0.15, -0.1) is 0 Å². The van der Waals surface area contributed by atoms with Gasteiger partial charge in [0.25, 0.3) is 0 Å². The number of aromatic amines is 1. The van der Waals surface area contributed by atoms with Gasteiger partial charge in [-0.1, -0.05) is 43.2 Å². The molecule has 1 aliphatic carbocycles. The van der Waals surface area contributed by atoms with Crippen LogP contribution in [0.2, 0.25) is 0 Å². The van der Waals surface area contributed by atoms with Crippen LogP contribution in [0.4, 0.5) is 0 Å². The summed E-state index contributed by atoms with van der Waals surface area (Å²) in [4.78, 5) is 0. The Labute approximate surface area is 120 Å². The van der Waals surface area contributed by atoms with Crippen molar-refractivity contribution < 1.29 is 0 Å². The fourth-order valence-electron chi connectivity index (χ4n) is 3.34. The molecule has 1 saturated carbocycles. The third kappa shape index (κ3) is 2.93. The van der Waals surface area contributed by atoms with E-state index in [2.05, 4.69) is 52.8 Å². The summed E-state index contributed by atoms with van der Waals surface area (Å²) in [7, 11) is 0. The molecule has 2 N–H and O–H groups in total. The average Bonchev–Trinajstić information content (AvgIpc) is 3.03. The number of nitrogens with zero attached hydrogens (tertiary/aromatic N) is 1. The van der Waals surface area contributed by atoms with Crippen LogP contribution in [0, 0.1) is 0 Å². The molecule has 3 nitrogen and oxygen atoms in total. The van der Waals surface area contributed by atoms with Crippen LogP contribution < -0.4 is 5.32 Å². The van der Waals surface area contributed by atoms with Crippen LogP contribution in [-0.2, 0) is 0 Å². The van der Waals surface area contributed by atoms with E-state index in [1.165, 1.54) is 36.8 Å². The molecule has 0 radical (unpaired) electrons.